The summed E-state index contributed by atoms with van der Waals surface area (Å²) < 4.78 is 7.51. The summed E-state index contributed by atoms with van der Waals surface area (Å²) in [4.78, 5) is 6.77. The Morgan fingerprint density at radius 3 is 2.76 bits per heavy atom. The number of aromatic nitrogens is 5. The van der Waals surface area contributed by atoms with Crippen molar-refractivity contribution in [2.24, 2.45) is 7.05 Å². The second-order valence-electron chi connectivity index (χ2n) is 6.17. The predicted octanol–water partition coefficient (Wildman–Crippen LogP) is 1.85. The molecule has 7 nitrogen and oxygen atoms in total. The molecule has 2 aromatic heterocycles. The Bertz CT molecular complexity index is 817. The van der Waals surface area contributed by atoms with E-state index in [0.717, 1.165) is 36.7 Å². The van der Waals surface area contributed by atoms with Gasteiger partial charge in [0.15, 0.2) is 5.82 Å². The minimum absolute atomic E-state index is 0.0819. The highest BCUT2D eigenvalue weighted by Crippen LogP contribution is 2.22. The van der Waals surface area contributed by atoms with Gasteiger partial charge in [-0.3, -0.25) is 9.88 Å². The average Bonchev–Trinajstić information content (AvgIpc) is 3.09. The van der Waals surface area contributed by atoms with Crippen molar-refractivity contribution in [3.63, 3.8) is 0 Å². The van der Waals surface area contributed by atoms with Crippen molar-refractivity contribution in [1.29, 1.82) is 0 Å². The van der Waals surface area contributed by atoms with Gasteiger partial charge in [0.05, 0.1) is 12.3 Å². The van der Waals surface area contributed by atoms with Crippen LogP contribution in [0.15, 0.2) is 48.7 Å². The average molecular weight is 336 g/mol. The molecule has 0 aliphatic carbocycles. The van der Waals surface area contributed by atoms with Crippen LogP contribution in [0.2, 0.25) is 0 Å². The Labute approximate surface area is 146 Å². The van der Waals surface area contributed by atoms with Crippen molar-refractivity contribution in [3.8, 4) is 11.3 Å². The lowest BCUT2D eigenvalue weighted by atomic mass is 10.1. The van der Waals surface area contributed by atoms with Gasteiger partial charge in [-0.1, -0.05) is 30.3 Å². The first kappa shape index (κ1) is 15.9. The topological polar surface area (TPSA) is 69.0 Å². The number of hydrogen-bond donors (Lipinski definition) is 0. The molecule has 25 heavy (non-hydrogen) atoms. The Hall–Kier alpha value is -2.64. The SMILES string of the molecule is Cn1nnnc1C1CN(Cc2ccc(-c3ccccn3)cc2)CCO1. The van der Waals surface area contributed by atoms with Gasteiger partial charge in [0.25, 0.3) is 0 Å². The van der Waals surface area contributed by atoms with E-state index in [1.807, 2.05) is 31.4 Å². The molecule has 3 aromatic rings. The summed E-state index contributed by atoms with van der Waals surface area (Å²) in [7, 11) is 1.84. The number of rotatable bonds is 4. The summed E-state index contributed by atoms with van der Waals surface area (Å²) in [6.45, 7) is 3.26. The van der Waals surface area contributed by atoms with Gasteiger partial charge in [0.2, 0.25) is 0 Å². The van der Waals surface area contributed by atoms with Crippen LogP contribution < -0.4 is 0 Å². The molecule has 0 saturated carbocycles. The molecule has 0 N–H and O–H groups in total. The van der Waals surface area contributed by atoms with Crippen LogP contribution in [0.4, 0.5) is 0 Å². The van der Waals surface area contributed by atoms with Crippen LogP contribution in [0.1, 0.15) is 17.5 Å². The van der Waals surface area contributed by atoms with E-state index in [-0.39, 0.29) is 6.10 Å². The standard InChI is InChI=1S/C18H20N6O/c1-23-18(20-21-22-23)17-13-24(10-11-25-17)12-14-5-7-15(8-6-14)16-4-2-3-9-19-16/h2-9,17H,10-13H2,1H3. The first-order valence-electron chi connectivity index (χ1n) is 8.36. The van der Waals surface area contributed by atoms with Crippen LogP contribution in [0.25, 0.3) is 11.3 Å². The van der Waals surface area contributed by atoms with Crippen LogP contribution in [0.5, 0.6) is 0 Å². The quantitative estimate of drug-likeness (QED) is 0.724. The van der Waals surface area contributed by atoms with Crippen LogP contribution in [-0.4, -0.2) is 49.8 Å². The van der Waals surface area contributed by atoms with Crippen molar-refractivity contribution in [3.05, 3.63) is 60.0 Å². The second-order valence-corrected chi connectivity index (χ2v) is 6.17. The molecule has 1 aliphatic rings. The molecule has 0 radical (unpaired) electrons. The largest absolute Gasteiger partial charge is 0.367 e. The number of pyridine rings is 1. The molecular formula is C18H20N6O. The zero-order valence-corrected chi connectivity index (χ0v) is 14.1. The van der Waals surface area contributed by atoms with E-state index < -0.39 is 0 Å². The molecule has 0 amide bonds. The molecule has 7 heteroatoms. The van der Waals surface area contributed by atoms with Crippen LogP contribution >= 0.6 is 0 Å². The normalized spacial score (nSPS) is 18.4. The van der Waals surface area contributed by atoms with Gasteiger partial charge >= 0.3 is 0 Å². The Balaban J connectivity index is 1.42. The highest BCUT2D eigenvalue weighted by Gasteiger charge is 2.25. The summed E-state index contributed by atoms with van der Waals surface area (Å²) in [6.07, 6.45) is 1.74. The molecule has 1 aromatic carbocycles. The molecule has 4 rings (SSSR count). The maximum atomic E-state index is 5.83. The fourth-order valence-electron chi connectivity index (χ4n) is 3.08. The highest BCUT2D eigenvalue weighted by atomic mass is 16.5. The lowest BCUT2D eigenvalue weighted by Gasteiger charge is -2.32. The fraction of sp³-hybridized carbons (Fsp3) is 0.333. The van der Waals surface area contributed by atoms with Crippen LogP contribution in [0.3, 0.4) is 0 Å². The molecular weight excluding hydrogens is 316 g/mol. The fourth-order valence-corrected chi connectivity index (χ4v) is 3.08. The predicted molar refractivity (Wildman–Crippen MR) is 92.4 cm³/mol. The van der Waals surface area contributed by atoms with Crippen molar-refractivity contribution >= 4 is 0 Å². The number of benzene rings is 1. The third kappa shape index (κ3) is 3.57. The highest BCUT2D eigenvalue weighted by molar-refractivity contribution is 5.58. The lowest BCUT2D eigenvalue weighted by Crippen LogP contribution is -2.38. The summed E-state index contributed by atoms with van der Waals surface area (Å²) in [5, 5.41) is 11.7. The number of morpholine rings is 1. The van der Waals surface area contributed by atoms with E-state index in [1.165, 1.54) is 5.56 Å². The Morgan fingerprint density at radius 2 is 2.04 bits per heavy atom. The van der Waals surface area contributed by atoms with Crippen LogP contribution in [-0.2, 0) is 18.3 Å². The number of nitrogens with zero attached hydrogens (tertiary/aromatic N) is 6. The van der Waals surface area contributed by atoms with Gasteiger partial charge in [-0.05, 0) is 28.1 Å². The first-order chi connectivity index (χ1) is 12.3. The Morgan fingerprint density at radius 1 is 1.16 bits per heavy atom. The van der Waals surface area contributed by atoms with E-state index in [1.54, 1.807) is 4.68 Å². The summed E-state index contributed by atoms with van der Waals surface area (Å²) in [5.74, 6) is 0.773. The number of hydrogen-bond acceptors (Lipinski definition) is 6. The molecule has 1 atom stereocenters. The Kier molecular flexibility index (Phi) is 4.49. The molecule has 1 fully saturated rings. The molecule has 1 unspecified atom stereocenters. The molecule has 1 saturated heterocycles. The van der Waals surface area contributed by atoms with Crippen molar-refractivity contribution < 1.29 is 4.74 Å². The molecule has 128 valence electrons. The van der Waals surface area contributed by atoms with Gasteiger partial charge in [0, 0.05) is 38.4 Å². The van der Waals surface area contributed by atoms with Gasteiger partial charge < -0.3 is 4.74 Å². The van der Waals surface area contributed by atoms with Crippen molar-refractivity contribution in [1.82, 2.24) is 30.1 Å². The first-order valence-corrected chi connectivity index (χ1v) is 8.36. The number of aryl methyl sites for hydroxylation is 1. The summed E-state index contributed by atoms with van der Waals surface area (Å²) >= 11 is 0. The summed E-state index contributed by atoms with van der Waals surface area (Å²) in [5.41, 5.74) is 3.40. The minimum Gasteiger partial charge on any atom is -0.367 e. The van der Waals surface area contributed by atoms with E-state index in [4.69, 9.17) is 4.74 Å². The second kappa shape index (κ2) is 7.08. The zero-order chi connectivity index (χ0) is 17.1. The lowest BCUT2D eigenvalue weighted by molar-refractivity contribution is -0.0388. The molecule has 3 heterocycles. The number of ether oxygens (including phenoxy) is 1. The smallest absolute Gasteiger partial charge is 0.181 e. The maximum absolute atomic E-state index is 5.83. The van der Waals surface area contributed by atoms with E-state index in [0.29, 0.717) is 6.61 Å². The van der Waals surface area contributed by atoms with Gasteiger partial charge in [-0.25, -0.2) is 4.68 Å². The maximum Gasteiger partial charge on any atom is 0.181 e. The molecule has 0 spiro atoms. The van der Waals surface area contributed by atoms with Crippen molar-refractivity contribution in [2.45, 2.75) is 12.6 Å². The van der Waals surface area contributed by atoms with E-state index >= 15 is 0 Å². The summed E-state index contributed by atoms with van der Waals surface area (Å²) in [6, 6.07) is 14.5. The van der Waals surface area contributed by atoms with Crippen LogP contribution in [0, 0.1) is 0 Å². The minimum atomic E-state index is -0.0819. The van der Waals surface area contributed by atoms with E-state index in [2.05, 4.69) is 49.7 Å². The van der Waals surface area contributed by atoms with Gasteiger partial charge in [0.1, 0.15) is 6.10 Å². The third-order valence-corrected chi connectivity index (χ3v) is 4.41. The number of tetrazole rings is 1. The third-order valence-electron chi connectivity index (χ3n) is 4.41. The monoisotopic (exact) mass is 336 g/mol. The zero-order valence-electron chi connectivity index (χ0n) is 14.1. The van der Waals surface area contributed by atoms with Gasteiger partial charge in [-0.15, -0.1) is 5.10 Å². The molecule has 0 bridgehead atoms. The van der Waals surface area contributed by atoms with Gasteiger partial charge in [-0.2, -0.15) is 0 Å². The van der Waals surface area contributed by atoms with E-state index in [9.17, 15) is 0 Å². The molecule has 1 aliphatic heterocycles. The van der Waals surface area contributed by atoms with Crippen molar-refractivity contribution in [2.75, 3.05) is 19.7 Å².